The molecule has 6 nitrogen and oxygen atoms in total. The maximum Gasteiger partial charge on any atom is 0.344 e. The quantitative estimate of drug-likeness (QED) is 0.242. The molecule has 3 aromatic rings. The van der Waals surface area contributed by atoms with Gasteiger partial charge in [-0.3, -0.25) is 0 Å². The number of hydrogen-bond acceptors (Lipinski definition) is 6. The van der Waals surface area contributed by atoms with Crippen LogP contribution in [0.3, 0.4) is 0 Å². The van der Waals surface area contributed by atoms with Crippen molar-refractivity contribution in [2.75, 3.05) is 5.32 Å². The molecule has 0 spiro atoms. The van der Waals surface area contributed by atoms with Crippen LogP contribution in [0, 0.1) is 0 Å². The van der Waals surface area contributed by atoms with Gasteiger partial charge in [0.2, 0.25) is 0 Å². The number of para-hydroxylation sites is 3. The summed E-state index contributed by atoms with van der Waals surface area (Å²) in [5.41, 5.74) is -1.40. The first kappa shape index (κ1) is 17.1. The number of ether oxygens (including phenoxy) is 1. The molecular weight excluding hydrogens is 346 g/mol. The van der Waals surface area contributed by atoms with Crippen molar-refractivity contribution in [2.24, 2.45) is 0 Å². The Bertz CT molecular complexity index is 1020. The second-order valence-electron chi connectivity index (χ2n) is 6.28. The normalized spacial score (nSPS) is 21.3. The number of hydrogen-bond donors (Lipinski definition) is 4. The van der Waals surface area contributed by atoms with Crippen LogP contribution in [0.15, 0.2) is 72.8 Å². The second-order valence-corrected chi connectivity index (χ2v) is 6.28. The first-order chi connectivity index (χ1) is 13.0. The molecule has 2 atom stereocenters. The summed E-state index contributed by atoms with van der Waals surface area (Å²) in [4.78, 5) is 12.6. The lowest BCUT2D eigenvalue weighted by Gasteiger charge is -2.38. The van der Waals surface area contributed by atoms with Crippen molar-refractivity contribution < 1.29 is 24.9 Å². The molecule has 0 saturated carbocycles. The molecule has 0 saturated heterocycles. The van der Waals surface area contributed by atoms with E-state index in [9.17, 15) is 20.1 Å². The van der Waals surface area contributed by atoms with E-state index in [1.165, 1.54) is 18.2 Å². The summed E-state index contributed by atoms with van der Waals surface area (Å²) >= 11 is 0. The number of phenols is 1. The minimum Gasteiger partial charge on any atom is -0.506 e. The van der Waals surface area contributed by atoms with Gasteiger partial charge >= 0.3 is 5.97 Å². The minimum absolute atomic E-state index is 0.103. The van der Waals surface area contributed by atoms with Crippen molar-refractivity contribution in [3.8, 4) is 11.5 Å². The number of carbonyl (C=O) groups is 1. The SMILES string of the molecule is O=C1Oc2ccccc2C(O)C(O)(Nc2ccccc2O)c2ccccc21. The minimum atomic E-state index is -2.09. The summed E-state index contributed by atoms with van der Waals surface area (Å²) in [7, 11) is 0. The van der Waals surface area contributed by atoms with E-state index < -0.39 is 17.8 Å². The van der Waals surface area contributed by atoms with Crippen LogP contribution in [-0.4, -0.2) is 21.3 Å². The highest BCUT2D eigenvalue weighted by Gasteiger charge is 2.44. The van der Waals surface area contributed by atoms with Crippen molar-refractivity contribution in [3.63, 3.8) is 0 Å². The Morgan fingerprint density at radius 1 is 0.926 bits per heavy atom. The molecule has 6 heteroatoms. The number of phenolic OH excluding ortho intramolecular Hbond substituents is 1. The molecule has 4 rings (SSSR count). The van der Waals surface area contributed by atoms with E-state index in [0.29, 0.717) is 0 Å². The van der Waals surface area contributed by atoms with E-state index in [2.05, 4.69) is 5.32 Å². The fourth-order valence-corrected chi connectivity index (χ4v) is 3.24. The van der Waals surface area contributed by atoms with E-state index in [4.69, 9.17) is 4.74 Å². The fourth-order valence-electron chi connectivity index (χ4n) is 3.24. The Hall–Kier alpha value is -3.35. The molecule has 0 bridgehead atoms. The van der Waals surface area contributed by atoms with Crippen molar-refractivity contribution >= 4 is 11.7 Å². The third-order valence-electron chi connectivity index (χ3n) is 4.60. The lowest BCUT2D eigenvalue weighted by molar-refractivity contribution is -0.0639. The Morgan fingerprint density at radius 2 is 1.59 bits per heavy atom. The molecule has 1 aliphatic rings. The number of nitrogens with one attached hydrogen (secondary N) is 1. The molecule has 0 aromatic heterocycles. The van der Waals surface area contributed by atoms with Crippen LogP contribution < -0.4 is 10.1 Å². The molecule has 3 aromatic carbocycles. The van der Waals surface area contributed by atoms with Crippen LogP contribution in [0.2, 0.25) is 0 Å². The Kier molecular flexibility index (Phi) is 4.07. The van der Waals surface area contributed by atoms with Crippen molar-refractivity contribution in [1.82, 2.24) is 0 Å². The zero-order chi connectivity index (χ0) is 19.0. The molecule has 0 fully saturated rings. The van der Waals surface area contributed by atoms with Gasteiger partial charge in [0.25, 0.3) is 0 Å². The summed E-state index contributed by atoms with van der Waals surface area (Å²) in [5.74, 6) is -0.599. The summed E-state index contributed by atoms with van der Waals surface area (Å²) in [6.45, 7) is 0. The Labute approximate surface area is 155 Å². The molecule has 0 amide bonds. The van der Waals surface area contributed by atoms with Crippen LogP contribution in [-0.2, 0) is 5.72 Å². The van der Waals surface area contributed by atoms with Gasteiger partial charge in [-0.2, -0.15) is 0 Å². The maximum absolute atomic E-state index is 12.6. The molecular formula is C21H17NO5. The first-order valence-electron chi connectivity index (χ1n) is 8.38. The lowest BCUT2D eigenvalue weighted by Crippen LogP contribution is -2.44. The fraction of sp³-hybridized carbons (Fsp3) is 0.0952. The van der Waals surface area contributed by atoms with Crippen molar-refractivity contribution in [3.05, 3.63) is 89.5 Å². The average molecular weight is 363 g/mol. The largest absolute Gasteiger partial charge is 0.506 e. The van der Waals surface area contributed by atoms with E-state index in [1.54, 1.807) is 54.6 Å². The van der Waals surface area contributed by atoms with Crippen LogP contribution >= 0.6 is 0 Å². The number of aromatic hydroxyl groups is 1. The molecule has 0 radical (unpaired) electrons. The molecule has 2 unspecified atom stereocenters. The molecule has 1 heterocycles. The van der Waals surface area contributed by atoms with Crippen LogP contribution in [0.4, 0.5) is 5.69 Å². The third-order valence-corrected chi connectivity index (χ3v) is 4.60. The van der Waals surface area contributed by atoms with Gasteiger partial charge in [-0.05, 0) is 24.3 Å². The Morgan fingerprint density at radius 3 is 2.41 bits per heavy atom. The van der Waals surface area contributed by atoms with Gasteiger partial charge in [-0.1, -0.05) is 48.5 Å². The summed E-state index contributed by atoms with van der Waals surface area (Å²) in [5, 5.41) is 35.6. The molecule has 27 heavy (non-hydrogen) atoms. The van der Waals surface area contributed by atoms with Crippen molar-refractivity contribution in [2.45, 2.75) is 11.8 Å². The number of carbonyl (C=O) groups excluding carboxylic acids is 1. The molecule has 4 N–H and O–H groups in total. The first-order valence-corrected chi connectivity index (χ1v) is 8.38. The van der Waals surface area contributed by atoms with Gasteiger partial charge < -0.3 is 25.4 Å². The third kappa shape index (κ3) is 2.81. The van der Waals surface area contributed by atoms with E-state index in [-0.39, 0.29) is 33.9 Å². The van der Waals surface area contributed by atoms with E-state index in [1.807, 2.05) is 0 Å². The summed E-state index contributed by atoms with van der Waals surface area (Å²) in [6, 6.07) is 19.1. The number of fused-ring (bicyclic) bond motifs is 2. The number of anilines is 1. The number of rotatable bonds is 2. The van der Waals surface area contributed by atoms with E-state index in [0.717, 1.165) is 0 Å². The predicted octanol–water partition coefficient (Wildman–Crippen LogP) is 2.92. The summed E-state index contributed by atoms with van der Waals surface area (Å²) < 4.78 is 5.41. The second kappa shape index (κ2) is 6.42. The van der Waals surface area contributed by atoms with E-state index >= 15 is 0 Å². The number of aliphatic hydroxyl groups is 2. The summed E-state index contributed by atoms with van der Waals surface area (Å²) in [6.07, 6.45) is -1.48. The highest BCUT2D eigenvalue weighted by molar-refractivity contribution is 5.93. The number of aliphatic hydroxyl groups excluding tert-OH is 1. The smallest absolute Gasteiger partial charge is 0.344 e. The lowest BCUT2D eigenvalue weighted by atomic mass is 9.87. The average Bonchev–Trinajstić information content (AvgIpc) is 2.69. The van der Waals surface area contributed by atoms with Gasteiger partial charge in [0.05, 0.1) is 11.3 Å². The van der Waals surface area contributed by atoms with Crippen LogP contribution in [0.5, 0.6) is 11.5 Å². The topological polar surface area (TPSA) is 99.0 Å². The van der Waals surface area contributed by atoms with Gasteiger partial charge in [-0.15, -0.1) is 0 Å². The van der Waals surface area contributed by atoms with Gasteiger partial charge in [0, 0.05) is 11.1 Å². The van der Waals surface area contributed by atoms with Gasteiger partial charge in [0.1, 0.15) is 17.6 Å². The van der Waals surface area contributed by atoms with Gasteiger partial charge in [-0.25, -0.2) is 4.79 Å². The van der Waals surface area contributed by atoms with Crippen LogP contribution in [0.25, 0.3) is 0 Å². The molecule has 136 valence electrons. The van der Waals surface area contributed by atoms with Gasteiger partial charge in [0.15, 0.2) is 5.72 Å². The zero-order valence-corrected chi connectivity index (χ0v) is 14.2. The van der Waals surface area contributed by atoms with Crippen LogP contribution in [0.1, 0.15) is 27.6 Å². The molecule has 1 aliphatic heterocycles. The monoisotopic (exact) mass is 363 g/mol. The number of esters is 1. The highest BCUT2D eigenvalue weighted by atomic mass is 16.5. The van der Waals surface area contributed by atoms with Crippen molar-refractivity contribution in [1.29, 1.82) is 0 Å². The predicted molar refractivity (Wildman–Crippen MR) is 98.4 cm³/mol. The highest BCUT2D eigenvalue weighted by Crippen LogP contribution is 2.43. The molecule has 0 aliphatic carbocycles. The maximum atomic E-state index is 12.6. The zero-order valence-electron chi connectivity index (χ0n) is 14.2. The Balaban J connectivity index is 1.95. The number of benzene rings is 3. The standard InChI is InChI=1S/C21H17NO5/c23-17-11-5-4-10-16(17)22-21(26)15-9-3-1-7-13(15)20(25)27-18-12-6-2-8-14(18)19(21)24/h1-12,19,22-24,26H.